The maximum atomic E-state index is 10.9. The third-order valence-corrected chi connectivity index (χ3v) is 2.01. The molecule has 14 heavy (non-hydrogen) atoms. The number of halogens is 1. The van der Waals surface area contributed by atoms with Crippen LogP contribution < -0.4 is 5.56 Å². The Morgan fingerprint density at radius 1 is 1.36 bits per heavy atom. The van der Waals surface area contributed by atoms with Crippen LogP contribution in [0, 0.1) is 0 Å². The molecule has 2 N–H and O–H groups in total. The van der Waals surface area contributed by atoms with E-state index in [-0.39, 0.29) is 11.4 Å². The van der Waals surface area contributed by atoms with Gasteiger partial charge in [-0.2, -0.15) is 0 Å². The van der Waals surface area contributed by atoms with E-state index in [2.05, 4.69) is 5.10 Å². The first-order valence-electron chi connectivity index (χ1n) is 3.94. The summed E-state index contributed by atoms with van der Waals surface area (Å²) in [5, 5.41) is 12.3. The first-order valence-corrected chi connectivity index (χ1v) is 4.31. The first kappa shape index (κ1) is 8.90. The summed E-state index contributed by atoms with van der Waals surface area (Å²) >= 11 is 5.77. The van der Waals surface area contributed by atoms with Gasteiger partial charge in [0.1, 0.15) is 0 Å². The summed E-state index contributed by atoms with van der Waals surface area (Å²) in [6.07, 6.45) is 0. The van der Waals surface area contributed by atoms with Crippen LogP contribution in [0.2, 0.25) is 5.02 Å². The van der Waals surface area contributed by atoms with Crippen molar-refractivity contribution in [1.82, 2.24) is 9.78 Å². The minimum absolute atomic E-state index is 0.141. The Morgan fingerprint density at radius 2 is 2.14 bits per heavy atom. The second-order valence-corrected chi connectivity index (χ2v) is 3.23. The molecule has 4 nitrogen and oxygen atoms in total. The molecule has 0 spiro atoms. The van der Waals surface area contributed by atoms with E-state index in [4.69, 9.17) is 11.6 Å². The van der Waals surface area contributed by atoms with Crippen molar-refractivity contribution < 1.29 is 5.11 Å². The summed E-state index contributed by atoms with van der Waals surface area (Å²) in [5.74, 6) is -0.141. The maximum absolute atomic E-state index is 10.9. The molecule has 0 atom stereocenters. The Hall–Kier alpha value is -1.68. The third kappa shape index (κ3) is 1.52. The predicted molar refractivity (Wildman–Crippen MR) is 53.1 cm³/mol. The zero-order valence-electron chi connectivity index (χ0n) is 7.07. The van der Waals surface area contributed by atoms with Crippen LogP contribution >= 0.6 is 11.6 Å². The van der Waals surface area contributed by atoms with Gasteiger partial charge >= 0.3 is 0 Å². The van der Waals surface area contributed by atoms with E-state index >= 15 is 0 Å². The largest absolute Gasteiger partial charge is 0.493 e. The molecule has 0 bridgehead atoms. The molecule has 1 aromatic heterocycles. The summed E-state index contributed by atoms with van der Waals surface area (Å²) in [7, 11) is 0. The maximum Gasteiger partial charge on any atom is 0.268 e. The highest BCUT2D eigenvalue weighted by molar-refractivity contribution is 6.30. The van der Waals surface area contributed by atoms with Gasteiger partial charge in [-0.25, -0.2) is 4.68 Å². The molecule has 0 fully saturated rings. The molecule has 0 aliphatic rings. The van der Waals surface area contributed by atoms with Gasteiger partial charge in [0.25, 0.3) is 5.56 Å². The minimum Gasteiger partial charge on any atom is -0.493 e. The van der Waals surface area contributed by atoms with Crippen molar-refractivity contribution >= 4 is 11.6 Å². The van der Waals surface area contributed by atoms with Crippen molar-refractivity contribution in [3.63, 3.8) is 0 Å². The smallest absolute Gasteiger partial charge is 0.268 e. The average Bonchev–Trinajstić information content (AvgIpc) is 2.45. The van der Waals surface area contributed by atoms with Crippen LogP contribution in [0.1, 0.15) is 0 Å². The summed E-state index contributed by atoms with van der Waals surface area (Å²) < 4.78 is 1.26. The number of nitrogens with one attached hydrogen (secondary N) is 1. The zero-order chi connectivity index (χ0) is 10.1. The Labute approximate surface area is 84.4 Å². The van der Waals surface area contributed by atoms with E-state index in [0.717, 1.165) is 6.07 Å². The van der Waals surface area contributed by atoms with E-state index in [1.54, 1.807) is 24.3 Å². The van der Waals surface area contributed by atoms with Gasteiger partial charge in [-0.3, -0.25) is 9.89 Å². The molecule has 2 aromatic rings. The van der Waals surface area contributed by atoms with Crippen molar-refractivity contribution in [3.8, 4) is 11.6 Å². The van der Waals surface area contributed by atoms with Crippen LogP contribution in [0.3, 0.4) is 0 Å². The molecule has 1 aromatic carbocycles. The van der Waals surface area contributed by atoms with Gasteiger partial charge in [-0.15, -0.1) is 0 Å². The molecule has 0 amide bonds. The molecular weight excluding hydrogens is 204 g/mol. The van der Waals surface area contributed by atoms with Gasteiger partial charge in [0, 0.05) is 5.02 Å². The number of hydrogen-bond acceptors (Lipinski definition) is 2. The standard InChI is InChI=1S/C9H7ClN2O2/c10-6-2-1-3-7(4-6)12-9(14)5-8(13)11-12/h1-5,14H,(H,11,13). The number of rotatable bonds is 1. The van der Waals surface area contributed by atoms with Crippen LogP contribution in [0.25, 0.3) is 5.69 Å². The molecule has 0 aliphatic carbocycles. The molecule has 1 heterocycles. The lowest BCUT2D eigenvalue weighted by Gasteiger charge is -2.03. The molecule has 0 saturated carbocycles. The molecular formula is C9H7ClN2O2. The van der Waals surface area contributed by atoms with Gasteiger partial charge < -0.3 is 5.11 Å². The lowest BCUT2D eigenvalue weighted by atomic mass is 10.3. The molecule has 5 heteroatoms. The molecule has 0 saturated heterocycles. The summed E-state index contributed by atoms with van der Waals surface area (Å²) in [6.45, 7) is 0. The summed E-state index contributed by atoms with van der Waals surface area (Å²) in [4.78, 5) is 10.9. The predicted octanol–water partition coefficient (Wildman–Crippen LogP) is 1.52. The number of aromatic hydroxyl groups is 1. The number of aromatic amines is 1. The highest BCUT2D eigenvalue weighted by Crippen LogP contribution is 2.17. The zero-order valence-corrected chi connectivity index (χ0v) is 7.82. The van der Waals surface area contributed by atoms with Gasteiger partial charge in [0.15, 0.2) is 0 Å². The van der Waals surface area contributed by atoms with Gasteiger partial charge in [-0.1, -0.05) is 17.7 Å². The quantitative estimate of drug-likeness (QED) is 0.750. The Bertz CT molecular complexity index is 516. The molecule has 72 valence electrons. The SMILES string of the molecule is O=c1cc(O)n(-c2cccc(Cl)c2)[nH]1. The third-order valence-electron chi connectivity index (χ3n) is 1.78. The fourth-order valence-electron chi connectivity index (χ4n) is 1.19. The summed E-state index contributed by atoms with van der Waals surface area (Å²) in [6, 6.07) is 7.90. The van der Waals surface area contributed by atoms with E-state index in [1.807, 2.05) is 0 Å². The topological polar surface area (TPSA) is 58.0 Å². The van der Waals surface area contributed by atoms with Crippen LogP contribution in [0.5, 0.6) is 5.88 Å². The number of hydrogen-bond donors (Lipinski definition) is 2. The van der Waals surface area contributed by atoms with Gasteiger partial charge in [0.05, 0.1) is 11.8 Å². The first-order chi connectivity index (χ1) is 6.66. The Morgan fingerprint density at radius 3 is 2.71 bits per heavy atom. The van der Waals surface area contributed by atoms with Gasteiger partial charge in [-0.05, 0) is 18.2 Å². The van der Waals surface area contributed by atoms with Crippen LogP contribution in [-0.2, 0) is 0 Å². The Balaban J connectivity index is 2.59. The summed E-state index contributed by atoms with van der Waals surface area (Å²) in [5.41, 5.74) is 0.250. The molecule has 2 rings (SSSR count). The second kappa shape index (κ2) is 3.23. The highest BCUT2D eigenvalue weighted by Gasteiger charge is 2.04. The number of benzene rings is 1. The fourth-order valence-corrected chi connectivity index (χ4v) is 1.38. The van der Waals surface area contributed by atoms with Crippen molar-refractivity contribution in [2.24, 2.45) is 0 Å². The highest BCUT2D eigenvalue weighted by atomic mass is 35.5. The molecule has 0 unspecified atom stereocenters. The Kier molecular flexibility index (Phi) is 2.05. The molecule has 0 radical (unpaired) electrons. The van der Waals surface area contributed by atoms with E-state index < -0.39 is 0 Å². The normalized spacial score (nSPS) is 10.4. The van der Waals surface area contributed by atoms with Crippen LogP contribution in [0.4, 0.5) is 0 Å². The van der Waals surface area contributed by atoms with Crippen molar-refractivity contribution in [2.45, 2.75) is 0 Å². The number of aromatic nitrogens is 2. The van der Waals surface area contributed by atoms with E-state index in [9.17, 15) is 9.90 Å². The molecule has 0 aliphatic heterocycles. The second-order valence-electron chi connectivity index (χ2n) is 2.79. The average molecular weight is 211 g/mol. The minimum atomic E-state index is -0.359. The van der Waals surface area contributed by atoms with Crippen LogP contribution in [-0.4, -0.2) is 14.9 Å². The number of H-pyrrole nitrogens is 1. The van der Waals surface area contributed by atoms with Gasteiger partial charge in [0.2, 0.25) is 5.88 Å². The van der Waals surface area contributed by atoms with Crippen molar-refractivity contribution in [2.75, 3.05) is 0 Å². The van der Waals surface area contributed by atoms with Crippen LogP contribution in [0.15, 0.2) is 35.1 Å². The monoisotopic (exact) mass is 210 g/mol. The van der Waals surface area contributed by atoms with E-state index in [1.165, 1.54) is 4.68 Å². The van der Waals surface area contributed by atoms with E-state index in [0.29, 0.717) is 10.7 Å². The fraction of sp³-hybridized carbons (Fsp3) is 0. The lowest BCUT2D eigenvalue weighted by Crippen LogP contribution is -2.03. The van der Waals surface area contributed by atoms with Crippen molar-refractivity contribution in [1.29, 1.82) is 0 Å². The van der Waals surface area contributed by atoms with Crippen molar-refractivity contribution in [3.05, 3.63) is 45.7 Å². The number of nitrogens with zero attached hydrogens (tertiary/aromatic N) is 1. The lowest BCUT2D eigenvalue weighted by molar-refractivity contribution is 0.433.